The van der Waals surface area contributed by atoms with E-state index in [2.05, 4.69) is 4.74 Å². The molecule has 22 valence electrons. The van der Waals surface area contributed by atoms with Gasteiger partial charge in [0.1, 0.15) is 0 Å². The van der Waals surface area contributed by atoms with E-state index < -0.39 is 0 Å². The van der Waals surface area contributed by atoms with Crippen molar-refractivity contribution in [2.75, 3.05) is 0 Å². The molecule has 2 radical (unpaired) electrons. The van der Waals surface area contributed by atoms with Crippen LogP contribution in [-0.2, 0) is 4.74 Å². The van der Waals surface area contributed by atoms with Gasteiger partial charge in [-0.2, -0.15) is 0 Å². The molecule has 0 atom stereocenters. The molecule has 0 aliphatic carbocycles. The molecule has 0 bridgehead atoms. The lowest BCUT2D eigenvalue weighted by Crippen LogP contribution is -1.94. The van der Waals surface area contributed by atoms with E-state index in [0.29, 0.717) is 0 Å². The number of hydrogen-bond acceptors (Lipinski definition) is 1. The second kappa shape index (κ2) is 0.725. The zero-order chi connectivity index (χ0) is 2.83. The van der Waals surface area contributed by atoms with Gasteiger partial charge in [0.25, 0.3) is 0 Å². The molecule has 1 aliphatic rings. The van der Waals surface area contributed by atoms with E-state index in [4.69, 9.17) is 0 Å². The highest BCUT2D eigenvalue weighted by atomic mass is 16.5. The van der Waals surface area contributed by atoms with Crippen LogP contribution in [0.3, 0.4) is 0 Å². The summed E-state index contributed by atoms with van der Waals surface area (Å²) in [7, 11) is 0. The third-order valence-corrected chi connectivity index (χ3v) is 0.385. The van der Waals surface area contributed by atoms with Crippen LogP contribution in [0.2, 0.25) is 0 Å². The van der Waals surface area contributed by atoms with Crippen molar-refractivity contribution in [1.82, 2.24) is 0 Å². The molecule has 1 nitrogen and oxygen atoms in total. The van der Waals surface area contributed by atoms with Crippen LogP contribution in [0.15, 0.2) is 0 Å². The van der Waals surface area contributed by atoms with Crippen LogP contribution in [-0.4, -0.2) is 0 Å². The van der Waals surface area contributed by atoms with Crippen molar-refractivity contribution in [2.24, 2.45) is 0 Å². The summed E-state index contributed by atoms with van der Waals surface area (Å²) in [6, 6.07) is 0. The van der Waals surface area contributed by atoms with Gasteiger partial charge < -0.3 is 4.74 Å². The van der Waals surface area contributed by atoms with Gasteiger partial charge >= 0.3 is 0 Å². The minimum absolute atomic E-state index is 1.03. The first-order chi connectivity index (χ1) is 2.00. The molecule has 0 aromatic carbocycles. The molecule has 4 heavy (non-hydrogen) atoms. The van der Waals surface area contributed by atoms with Crippen molar-refractivity contribution in [2.45, 2.75) is 6.42 Å². The van der Waals surface area contributed by atoms with E-state index in [1.165, 1.54) is 0 Å². The highest BCUT2D eigenvalue weighted by Gasteiger charge is 1.97. The molecule has 0 spiro atoms. The lowest BCUT2D eigenvalue weighted by Gasteiger charge is -2.06. The van der Waals surface area contributed by atoms with Crippen molar-refractivity contribution in [3.8, 4) is 0 Å². The normalized spacial score (nSPS) is 24.0. The van der Waals surface area contributed by atoms with E-state index in [9.17, 15) is 0 Å². The lowest BCUT2D eigenvalue weighted by molar-refractivity contribution is 0.179. The molecule has 0 amide bonds. The molecule has 0 aromatic rings. The maximum absolute atomic E-state index is 4.47. The van der Waals surface area contributed by atoms with Crippen LogP contribution in [0.5, 0.6) is 0 Å². The van der Waals surface area contributed by atoms with Gasteiger partial charge in [-0.25, -0.2) is 0 Å². The van der Waals surface area contributed by atoms with E-state index in [0.717, 1.165) is 6.42 Å². The standard InChI is InChI=1S/C3H4O/c1-2-4-3-1/h2-3H,1H2. The van der Waals surface area contributed by atoms with Crippen molar-refractivity contribution < 1.29 is 4.74 Å². The van der Waals surface area contributed by atoms with E-state index in [1.807, 2.05) is 0 Å². The Hall–Kier alpha value is -0.0400. The first-order valence-electron chi connectivity index (χ1n) is 1.29. The molecule has 0 unspecified atom stereocenters. The SMILES string of the molecule is [CH]1C[CH]O1. The number of ether oxygens (including phenoxy) is 1. The number of rotatable bonds is 0. The zero-order valence-corrected chi connectivity index (χ0v) is 2.27. The van der Waals surface area contributed by atoms with Gasteiger partial charge in [0.2, 0.25) is 0 Å². The van der Waals surface area contributed by atoms with Crippen LogP contribution in [0.1, 0.15) is 6.42 Å². The maximum Gasteiger partial charge on any atom is 0.0868 e. The molecule has 1 heterocycles. The predicted octanol–water partition coefficient (Wildman–Crippen LogP) is 0.730. The third kappa shape index (κ3) is 0.115. The summed E-state index contributed by atoms with van der Waals surface area (Å²) in [5, 5.41) is 0. The molecule has 1 fully saturated rings. The smallest absolute Gasteiger partial charge is 0.0868 e. The van der Waals surface area contributed by atoms with E-state index >= 15 is 0 Å². The quantitative estimate of drug-likeness (QED) is 0.397. The molecule has 1 rings (SSSR count). The highest BCUT2D eigenvalue weighted by molar-refractivity contribution is 4.71. The second-order valence-corrected chi connectivity index (χ2v) is 0.705. The summed E-state index contributed by atoms with van der Waals surface area (Å²) in [6.45, 7) is 3.50. The monoisotopic (exact) mass is 56.0 g/mol. The van der Waals surface area contributed by atoms with E-state index in [-0.39, 0.29) is 0 Å². The largest absolute Gasteiger partial charge is 0.369 e. The molecule has 0 N–H and O–H groups in total. The lowest BCUT2D eigenvalue weighted by atomic mass is 10.4. The average Bonchev–Trinajstić information content (AvgIpc) is 0.722. The van der Waals surface area contributed by atoms with Gasteiger partial charge in [0, 0.05) is 6.42 Å². The molecular formula is C3H4O. The molecule has 0 saturated carbocycles. The molecular weight excluding hydrogens is 52.0 g/mol. The molecule has 1 saturated heterocycles. The van der Waals surface area contributed by atoms with Gasteiger partial charge in [-0.05, 0) is 0 Å². The first-order valence-corrected chi connectivity index (χ1v) is 1.29. The summed E-state index contributed by atoms with van der Waals surface area (Å²) in [5.74, 6) is 0. The summed E-state index contributed by atoms with van der Waals surface area (Å²) in [6.07, 6.45) is 1.03. The Balaban J connectivity index is 2.00. The van der Waals surface area contributed by atoms with E-state index in [1.54, 1.807) is 13.2 Å². The van der Waals surface area contributed by atoms with Gasteiger partial charge in [0.15, 0.2) is 0 Å². The Morgan fingerprint density at radius 1 is 1.50 bits per heavy atom. The Bertz CT molecular complexity index is 11.2. The van der Waals surface area contributed by atoms with Crippen molar-refractivity contribution >= 4 is 0 Å². The summed E-state index contributed by atoms with van der Waals surface area (Å²) in [4.78, 5) is 0. The molecule has 0 aromatic heterocycles. The van der Waals surface area contributed by atoms with Crippen molar-refractivity contribution in [3.63, 3.8) is 0 Å². The van der Waals surface area contributed by atoms with Crippen LogP contribution in [0, 0.1) is 13.2 Å². The van der Waals surface area contributed by atoms with Crippen LogP contribution in [0.25, 0.3) is 0 Å². The Morgan fingerprint density at radius 3 is 1.75 bits per heavy atom. The minimum Gasteiger partial charge on any atom is -0.369 e. The Labute approximate surface area is 25.6 Å². The molecule has 1 aliphatic heterocycles. The summed E-state index contributed by atoms with van der Waals surface area (Å²) >= 11 is 0. The first kappa shape index (κ1) is 2.21. The van der Waals surface area contributed by atoms with Crippen LogP contribution in [0.4, 0.5) is 0 Å². The topological polar surface area (TPSA) is 9.23 Å². The number of hydrogen-bond donors (Lipinski definition) is 0. The fourth-order valence-electron chi connectivity index (χ4n) is 0.0962. The third-order valence-electron chi connectivity index (χ3n) is 0.385. The fraction of sp³-hybridized carbons (Fsp3) is 0.333. The highest BCUT2D eigenvalue weighted by Crippen LogP contribution is 2.06. The zero-order valence-electron chi connectivity index (χ0n) is 2.27. The van der Waals surface area contributed by atoms with Gasteiger partial charge in [0.05, 0.1) is 13.2 Å². The van der Waals surface area contributed by atoms with Gasteiger partial charge in [-0.1, -0.05) is 0 Å². The molecule has 1 heteroatoms. The maximum atomic E-state index is 4.47. The predicted molar refractivity (Wildman–Crippen MR) is 14.3 cm³/mol. The summed E-state index contributed by atoms with van der Waals surface area (Å²) < 4.78 is 4.47. The summed E-state index contributed by atoms with van der Waals surface area (Å²) in [5.41, 5.74) is 0. The van der Waals surface area contributed by atoms with Crippen molar-refractivity contribution in [3.05, 3.63) is 13.2 Å². The Morgan fingerprint density at radius 2 is 1.75 bits per heavy atom. The second-order valence-electron chi connectivity index (χ2n) is 0.705. The Kier molecular flexibility index (Phi) is 0.401. The average molecular weight is 56.1 g/mol. The van der Waals surface area contributed by atoms with Gasteiger partial charge in [-0.15, -0.1) is 0 Å². The van der Waals surface area contributed by atoms with Gasteiger partial charge in [-0.3, -0.25) is 0 Å². The minimum atomic E-state index is 1.03. The fourth-order valence-corrected chi connectivity index (χ4v) is 0.0962. The van der Waals surface area contributed by atoms with Crippen molar-refractivity contribution in [1.29, 1.82) is 0 Å². The van der Waals surface area contributed by atoms with Crippen LogP contribution >= 0.6 is 0 Å². The van der Waals surface area contributed by atoms with Crippen LogP contribution < -0.4 is 0 Å².